The first-order chi connectivity index (χ1) is 6.75. The van der Waals surface area contributed by atoms with E-state index in [0.717, 1.165) is 12.8 Å². The fraction of sp³-hybridized carbons (Fsp3) is 0.625. The van der Waals surface area contributed by atoms with Gasteiger partial charge in [-0.1, -0.05) is 0 Å². The number of aromatic amines is 1. The maximum atomic E-state index is 11.0. The third-order valence-corrected chi connectivity index (χ3v) is 2.29. The van der Waals surface area contributed by atoms with Gasteiger partial charge in [-0.2, -0.15) is 9.97 Å². The van der Waals surface area contributed by atoms with Gasteiger partial charge < -0.3 is 10.5 Å². The average Bonchev–Trinajstić information content (AvgIpc) is 2.18. The van der Waals surface area contributed by atoms with Crippen molar-refractivity contribution in [2.45, 2.75) is 18.8 Å². The number of nitrogen functional groups attached to an aromatic ring is 1. The number of hydrogen-bond donors (Lipinski definition) is 2. The number of nitrogens with two attached hydrogens (primary N) is 1. The summed E-state index contributed by atoms with van der Waals surface area (Å²) in [6, 6.07) is 0. The van der Waals surface area contributed by atoms with E-state index in [1.54, 1.807) is 0 Å². The second-order valence-electron chi connectivity index (χ2n) is 3.28. The molecule has 0 aromatic carbocycles. The van der Waals surface area contributed by atoms with Crippen LogP contribution >= 0.6 is 0 Å². The first-order valence-electron chi connectivity index (χ1n) is 4.57. The van der Waals surface area contributed by atoms with Crippen LogP contribution in [0.2, 0.25) is 0 Å². The Bertz CT molecular complexity index is 370. The smallest absolute Gasteiger partial charge is 0.349 e. The number of anilines is 1. The van der Waals surface area contributed by atoms with Crippen molar-refractivity contribution in [2.24, 2.45) is 0 Å². The maximum Gasteiger partial charge on any atom is 0.349 e. The van der Waals surface area contributed by atoms with Crippen molar-refractivity contribution in [1.29, 1.82) is 0 Å². The number of aromatic nitrogens is 3. The number of rotatable bonds is 1. The van der Waals surface area contributed by atoms with Crippen LogP contribution in [-0.2, 0) is 4.74 Å². The minimum Gasteiger partial charge on any atom is -0.381 e. The van der Waals surface area contributed by atoms with Gasteiger partial charge in [0.25, 0.3) is 0 Å². The fourth-order valence-electron chi connectivity index (χ4n) is 1.58. The molecule has 0 unspecified atom stereocenters. The van der Waals surface area contributed by atoms with Crippen LogP contribution in [0.5, 0.6) is 0 Å². The lowest BCUT2D eigenvalue weighted by molar-refractivity contribution is 0.0835. The van der Waals surface area contributed by atoms with E-state index in [1.165, 1.54) is 0 Å². The van der Waals surface area contributed by atoms with Crippen molar-refractivity contribution < 1.29 is 4.74 Å². The molecule has 0 bridgehead atoms. The molecular weight excluding hydrogens is 184 g/mol. The number of nitrogens with zero attached hydrogens (tertiary/aromatic N) is 2. The highest BCUT2D eigenvalue weighted by atomic mass is 16.5. The predicted octanol–water partition coefficient (Wildman–Crippen LogP) is -0.359. The summed E-state index contributed by atoms with van der Waals surface area (Å²) in [5.74, 6) is 0.905. The van der Waals surface area contributed by atoms with E-state index in [2.05, 4.69) is 15.0 Å². The van der Waals surface area contributed by atoms with Crippen molar-refractivity contribution in [3.8, 4) is 0 Å². The maximum absolute atomic E-state index is 11.0. The van der Waals surface area contributed by atoms with E-state index in [-0.39, 0.29) is 11.9 Å². The Morgan fingerprint density at radius 3 is 2.71 bits per heavy atom. The predicted molar refractivity (Wildman–Crippen MR) is 49.9 cm³/mol. The van der Waals surface area contributed by atoms with Crippen LogP contribution < -0.4 is 11.4 Å². The van der Waals surface area contributed by atoms with Crippen molar-refractivity contribution in [3.63, 3.8) is 0 Å². The summed E-state index contributed by atoms with van der Waals surface area (Å²) in [4.78, 5) is 21.1. The van der Waals surface area contributed by atoms with Crippen LogP contribution in [0.25, 0.3) is 0 Å². The molecular formula is C8H12N4O2. The highest BCUT2D eigenvalue weighted by Crippen LogP contribution is 2.22. The zero-order valence-electron chi connectivity index (χ0n) is 7.69. The summed E-state index contributed by atoms with van der Waals surface area (Å²) >= 11 is 0. The minimum absolute atomic E-state index is 0.0373. The van der Waals surface area contributed by atoms with E-state index >= 15 is 0 Å². The van der Waals surface area contributed by atoms with Crippen molar-refractivity contribution in [3.05, 3.63) is 16.3 Å². The normalized spacial score (nSPS) is 18.3. The monoisotopic (exact) mass is 196 g/mol. The summed E-state index contributed by atoms with van der Waals surface area (Å²) in [7, 11) is 0. The summed E-state index contributed by atoms with van der Waals surface area (Å²) in [5, 5.41) is 0. The molecule has 2 rings (SSSR count). The van der Waals surface area contributed by atoms with Crippen LogP contribution in [0, 0.1) is 0 Å². The molecule has 0 amide bonds. The van der Waals surface area contributed by atoms with Crippen LogP contribution in [0.3, 0.4) is 0 Å². The molecule has 1 aliphatic heterocycles. The van der Waals surface area contributed by atoms with E-state index in [9.17, 15) is 4.79 Å². The number of nitrogens with one attached hydrogen (secondary N) is 1. The minimum atomic E-state index is -0.431. The summed E-state index contributed by atoms with van der Waals surface area (Å²) in [5.41, 5.74) is 4.96. The zero-order chi connectivity index (χ0) is 9.97. The van der Waals surface area contributed by atoms with Crippen molar-refractivity contribution in [2.75, 3.05) is 18.9 Å². The topological polar surface area (TPSA) is 93.9 Å². The lowest BCUT2D eigenvalue weighted by atomic mass is 10.00. The van der Waals surface area contributed by atoms with Gasteiger partial charge in [0.15, 0.2) is 0 Å². The first-order valence-corrected chi connectivity index (χ1v) is 4.57. The van der Waals surface area contributed by atoms with Gasteiger partial charge in [0.2, 0.25) is 5.95 Å². The summed E-state index contributed by atoms with van der Waals surface area (Å²) < 4.78 is 5.22. The molecule has 1 saturated heterocycles. The van der Waals surface area contributed by atoms with Crippen molar-refractivity contribution in [1.82, 2.24) is 15.0 Å². The molecule has 1 fully saturated rings. The standard InChI is InChI=1S/C8H12N4O2/c9-7-10-6(11-8(13)12-7)5-1-3-14-4-2-5/h5H,1-4H2,(H3,9,10,11,12,13). The SMILES string of the molecule is Nc1nc(C2CCOCC2)[nH]c(=O)n1. The molecule has 0 aliphatic carbocycles. The van der Waals surface area contributed by atoms with Gasteiger partial charge in [0.05, 0.1) is 0 Å². The lowest BCUT2D eigenvalue weighted by Crippen LogP contribution is -2.23. The molecule has 3 N–H and O–H groups in total. The second-order valence-corrected chi connectivity index (χ2v) is 3.28. The third-order valence-electron chi connectivity index (χ3n) is 2.29. The molecule has 6 nitrogen and oxygen atoms in total. The Labute approximate surface area is 80.5 Å². The Morgan fingerprint density at radius 1 is 1.36 bits per heavy atom. The second kappa shape index (κ2) is 3.75. The van der Waals surface area contributed by atoms with E-state index in [4.69, 9.17) is 10.5 Å². The molecule has 2 heterocycles. The Kier molecular flexibility index (Phi) is 2.45. The molecule has 0 radical (unpaired) electrons. The molecule has 1 aromatic heterocycles. The van der Waals surface area contributed by atoms with Gasteiger partial charge in [-0.25, -0.2) is 4.79 Å². The number of H-pyrrole nitrogens is 1. The number of hydrogen-bond acceptors (Lipinski definition) is 5. The Morgan fingerprint density at radius 2 is 2.07 bits per heavy atom. The van der Waals surface area contributed by atoms with Crippen LogP contribution in [0.1, 0.15) is 24.6 Å². The Hall–Kier alpha value is -1.43. The highest BCUT2D eigenvalue weighted by molar-refractivity contribution is 5.14. The molecule has 76 valence electrons. The number of ether oxygens (including phenoxy) is 1. The highest BCUT2D eigenvalue weighted by Gasteiger charge is 2.18. The third kappa shape index (κ3) is 1.90. The first kappa shape index (κ1) is 9.14. The molecule has 1 aromatic rings. The Balaban J connectivity index is 2.26. The van der Waals surface area contributed by atoms with Crippen LogP contribution in [-0.4, -0.2) is 28.2 Å². The molecule has 0 spiro atoms. The lowest BCUT2D eigenvalue weighted by Gasteiger charge is -2.20. The fourth-order valence-corrected chi connectivity index (χ4v) is 1.58. The van der Waals surface area contributed by atoms with Gasteiger partial charge in [-0.15, -0.1) is 0 Å². The summed E-state index contributed by atoms with van der Waals surface area (Å²) in [6.07, 6.45) is 1.73. The van der Waals surface area contributed by atoms with Gasteiger partial charge in [-0.05, 0) is 12.8 Å². The molecule has 1 aliphatic rings. The van der Waals surface area contributed by atoms with E-state index in [1.807, 2.05) is 0 Å². The summed E-state index contributed by atoms with van der Waals surface area (Å²) in [6.45, 7) is 1.41. The van der Waals surface area contributed by atoms with Gasteiger partial charge >= 0.3 is 5.69 Å². The van der Waals surface area contributed by atoms with Gasteiger partial charge in [0, 0.05) is 19.1 Å². The molecule has 0 atom stereocenters. The molecule has 0 saturated carbocycles. The van der Waals surface area contributed by atoms with Crippen LogP contribution in [0.4, 0.5) is 5.95 Å². The van der Waals surface area contributed by atoms with E-state index in [0.29, 0.717) is 19.0 Å². The van der Waals surface area contributed by atoms with E-state index < -0.39 is 5.69 Å². The largest absolute Gasteiger partial charge is 0.381 e. The van der Waals surface area contributed by atoms with Crippen LogP contribution in [0.15, 0.2) is 4.79 Å². The molecule has 14 heavy (non-hydrogen) atoms. The van der Waals surface area contributed by atoms with Gasteiger partial charge in [-0.3, -0.25) is 4.98 Å². The average molecular weight is 196 g/mol. The van der Waals surface area contributed by atoms with Crippen molar-refractivity contribution >= 4 is 5.95 Å². The van der Waals surface area contributed by atoms with Gasteiger partial charge in [0.1, 0.15) is 5.82 Å². The zero-order valence-corrected chi connectivity index (χ0v) is 7.69. The quantitative estimate of drug-likeness (QED) is 0.639. The molecule has 6 heteroatoms.